The molecule has 6 heteroatoms. The van der Waals surface area contributed by atoms with Crippen LogP contribution in [0.25, 0.3) is 0 Å². The number of rotatable bonds is 4. The third-order valence-corrected chi connectivity index (χ3v) is 3.90. The largest absolute Gasteiger partial charge is 0.309 e. The molecule has 0 amide bonds. The van der Waals surface area contributed by atoms with Gasteiger partial charge in [-0.15, -0.1) is 0 Å². The summed E-state index contributed by atoms with van der Waals surface area (Å²) >= 11 is 0. The van der Waals surface area contributed by atoms with Gasteiger partial charge in [-0.3, -0.25) is 10.1 Å². The van der Waals surface area contributed by atoms with Crippen molar-refractivity contribution in [2.75, 3.05) is 20.1 Å². The van der Waals surface area contributed by atoms with Crippen LogP contribution in [0, 0.1) is 21.8 Å². The molecule has 1 fully saturated rings. The van der Waals surface area contributed by atoms with Crippen LogP contribution in [0.15, 0.2) is 18.2 Å². The number of nitrogens with one attached hydrogen (secondary N) is 1. The van der Waals surface area contributed by atoms with E-state index in [2.05, 4.69) is 24.2 Å². The van der Waals surface area contributed by atoms with Gasteiger partial charge >= 0.3 is 0 Å². The number of hydrogen-bond acceptors (Lipinski definition) is 4. The van der Waals surface area contributed by atoms with Crippen molar-refractivity contribution in [3.8, 4) is 0 Å². The Morgan fingerprint density at radius 1 is 1.55 bits per heavy atom. The van der Waals surface area contributed by atoms with Gasteiger partial charge in [0.2, 0.25) is 0 Å². The lowest BCUT2D eigenvalue weighted by Crippen LogP contribution is -2.46. The van der Waals surface area contributed by atoms with Gasteiger partial charge in [0.15, 0.2) is 0 Å². The Labute approximate surface area is 117 Å². The molecule has 0 radical (unpaired) electrons. The topological polar surface area (TPSA) is 58.4 Å². The van der Waals surface area contributed by atoms with Gasteiger partial charge in [0.1, 0.15) is 5.82 Å². The zero-order valence-corrected chi connectivity index (χ0v) is 11.8. The van der Waals surface area contributed by atoms with Crippen molar-refractivity contribution in [2.24, 2.45) is 5.92 Å². The quantitative estimate of drug-likeness (QED) is 0.678. The zero-order chi connectivity index (χ0) is 14.7. The Morgan fingerprint density at radius 3 is 2.95 bits per heavy atom. The van der Waals surface area contributed by atoms with Crippen LogP contribution in [0.1, 0.15) is 18.9 Å². The van der Waals surface area contributed by atoms with E-state index >= 15 is 0 Å². The lowest BCUT2D eigenvalue weighted by atomic mass is 9.94. The fraction of sp³-hybridized carbons (Fsp3) is 0.571. The lowest BCUT2D eigenvalue weighted by molar-refractivity contribution is -0.385. The summed E-state index contributed by atoms with van der Waals surface area (Å²) in [5.41, 5.74) is 0.376. The number of nitro benzene ring substituents is 1. The first-order chi connectivity index (χ1) is 9.47. The molecule has 1 aromatic rings. The Hall–Kier alpha value is -1.53. The van der Waals surface area contributed by atoms with Crippen molar-refractivity contribution in [1.29, 1.82) is 0 Å². The summed E-state index contributed by atoms with van der Waals surface area (Å²) in [5.74, 6) is 0.0326. The van der Waals surface area contributed by atoms with Gasteiger partial charge in [0.05, 0.1) is 4.92 Å². The summed E-state index contributed by atoms with van der Waals surface area (Å²) in [6.07, 6.45) is 1.00. The van der Waals surface area contributed by atoms with Crippen molar-refractivity contribution in [3.63, 3.8) is 0 Å². The second-order valence-corrected chi connectivity index (χ2v) is 5.55. The maximum Gasteiger partial charge on any atom is 0.274 e. The summed E-state index contributed by atoms with van der Waals surface area (Å²) < 4.78 is 13.2. The highest BCUT2D eigenvalue weighted by Gasteiger charge is 2.24. The predicted molar refractivity (Wildman–Crippen MR) is 75.0 cm³/mol. The van der Waals surface area contributed by atoms with Crippen LogP contribution in [-0.4, -0.2) is 36.0 Å². The summed E-state index contributed by atoms with van der Waals surface area (Å²) in [5, 5.41) is 14.3. The van der Waals surface area contributed by atoms with Crippen molar-refractivity contribution in [2.45, 2.75) is 25.9 Å². The Bertz CT molecular complexity index is 495. The minimum absolute atomic E-state index is 0.0283. The van der Waals surface area contributed by atoms with Crippen molar-refractivity contribution >= 4 is 5.69 Å². The van der Waals surface area contributed by atoms with E-state index in [1.807, 2.05) is 0 Å². The average Bonchev–Trinajstić information content (AvgIpc) is 2.37. The predicted octanol–water partition coefficient (Wildman–Crippen LogP) is 2.16. The maximum atomic E-state index is 13.2. The average molecular weight is 281 g/mol. The minimum Gasteiger partial charge on any atom is -0.309 e. The first-order valence-corrected chi connectivity index (χ1v) is 6.82. The first kappa shape index (κ1) is 14.9. The van der Waals surface area contributed by atoms with Crippen LogP contribution in [0.5, 0.6) is 0 Å². The molecular weight excluding hydrogens is 261 g/mol. The molecule has 2 atom stereocenters. The van der Waals surface area contributed by atoms with Crippen LogP contribution >= 0.6 is 0 Å². The summed E-state index contributed by atoms with van der Waals surface area (Å²) in [4.78, 5) is 12.7. The van der Waals surface area contributed by atoms with E-state index in [0.717, 1.165) is 25.6 Å². The van der Waals surface area contributed by atoms with Crippen molar-refractivity contribution in [1.82, 2.24) is 10.2 Å². The fourth-order valence-corrected chi connectivity index (χ4v) is 2.77. The molecule has 2 rings (SSSR count). The number of benzene rings is 1. The number of halogens is 1. The van der Waals surface area contributed by atoms with Gasteiger partial charge in [0, 0.05) is 30.8 Å². The molecule has 0 aromatic heterocycles. The molecule has 0 bridgehead atoms. The van der Waals surface area contributed by atoms with E-state index < -0.39 is 10.7 Å². The Morgan fingerprint density at radius 2 is 2.30 bits per heavy atom. The molecule has 1 N–H and O–H groups in total. The third-order valence-electron chi connectivity index (χ3n) is 3.90. The van der Waals surface area contributed by atoms with E-state index in [4.69, 9.17) is 0 Å². The number of nitrogens with zero attached hydrogens (tertiary/aromatic N) is 2. The SMILES string of the molecule is CC1CN(C)CCC1NCc1cc(F)ccc1[N+](=O)[O-]. The standard InChI is InChI=1S/C14H20FN3O2/c1-10-9-17(2)6-5-13(10)16-8-11-7-12(15)3-4-14(11)18(19)20/h3-4,7,10,13,16H,5-6,8-9H2,1-2H3. The van der Waals surface area contributed by atoms with Crippen LogP contribution in [0.4, 0.5) is 10.1 Å². The van der Waals surface area contributed by atoms with E-state index in [9.17, 15) is 14.5 Å². The molecule has 1 aliphatic rings. The summed E-state index contributed by atoms with van der Waals surface area (Å²) in [6.45, 7) is 4.50. The molecule has 20 heavy (non-hydrogen) atoms. The van der Waals surface area contributed by atoms with Gasteiger partial charge in [-0.25, -0.2) is 4.39 Å². The molecule has 0 aliphatic carbocycles. The molecular formula is C14H20FN3O2. The minimum atomic E-state index is -0.464. The molecule has 1 aliphatic heterocycles. The van der Waals surface area contributed by atoms with E-state index in [-0.39, 0.29) is 5.69 Å². The van der Waals surface area contributed by atoms with Crippen LogP contribution in [-0.2, 0) is 6.54 Å². The molecule has 1 aromatic carbocycles. The van der Waals surface area contributed by atoms with Gasteiger partial charge in [-0.05, 0) is 38.1 Å². The normalized spacial score (nSPS) is 23.8. The third kappa shape index (κ3) is 3.52. The number of hydrogen-bond donors (Lipinski definition) is 1. The van der Waals surface area contributed by atoms with Crippen molar-refractivity contribution < 1.29 is 9.31 Å². The molecule has 1 heterocycles. The van der Waals surface area contributed by atoms with Crippen LogP contribution in [0.3, 0.4) is 0 Å². The number of likely N-dealkylation sites (tertiary alicyclic amines) is 1. The Kier molecular flexibility index (Phi) is 4.67. The molecule has 5 nitrogen and oxygen atoms in total. The fourth-order valence-electron chi connectivity index (χ4n) is 2.77. The number of piperidine rings is 1. The second kappa shape index (κ2) is 6.28. The van der Waals surface area contributed by atoms with Gasteiger partial charge < -0.3 is 10.2 Å². The maximum absolute atomic E-state index is 13.2. The summed E-state index contributed by atoms with van der Waals surface area (Å²) in [6, 6.07) is 3.91. The highest BCUT2D eigenvalue weighted by molar-refractivity contribution is 5.40. The lowest BCUT2D eigenvalue weighted by Gasteiger charge is -2.35. The van der Waals surface area contributed by atoms with Gasteiger partial charge in [-0.2, -0.15) is 0 Å². The smallest absolute Gasteiger partial charge is 0.274 e. The molecule has 2 unspecified atom stereocenters. The zero-order valence-electron chi connectivity index (χ0n) is 11.8. The molecule has 110 valence electrons. The highest BCUT2D eigenvalue weighted by Crippen LogP contribution is 2.21. The van der Waals surface area contributed by atoms with E-state index in [1.54, 1.807) is 0 Å². The molecule has 0 spiro atoms. The van der Waals surface area contributed by atoms with Crippen LogP contribution in [0.2, 0.25) is 0 Å². The van der Waals surface area contributed by atoms with E-state index in [0.29, 0.717) is 24.1 Å². The van der Waals surface area contributed by atoms with Gasteiger partial charge in [-0.1, -0.05) is 6.92 Å². The highest BCUT2D eigenvalue weighted by atomic mass is 19.1. The molecule has 0 saturated carbocycles. The second-order valence-electron chi connectivity index (χ2n) is 5.55. The monoisotopic (exact) mass is 281 g/mol. The Balaban J connectivity index is 2.03. The summed E-state index contributed by atoms with van der Waals surface area (Å²) in [7, 11) is 2.09. The number of nitro groups is 1. The van der Waals surface area contributed by atoms with Crippen molar-refractivity contribution in [3.05, 3.63) is 39.7 Å². The molecule has 1 saturated heterocycles. The van der Waals surface area contributed by atoms with Crippen LogP contribution < -0.4 is 5.32 Å². The van der Waals surface area contributed by atoms with Gasteiger partial charge in [0.25, 0.3) is 5.69 Å². The van der Waals surface area contributed by atoms with E-state index in [1.165, 1.54) is 12.1 Å². The first-order valence-electron chi connectivity index (χ1n) is 6.82.